The van der Waals surface area contributed by atoms with Crippen molar-refractivity contribution in [3.63, 3.8) is 0 Å². The van der Waals surface area contributed by atoms with Gasteiger partial charge >= 0.3 is 0 Å². The number of carbonyl (C=O) groups excluding carboxylic acids is 1. The lowest BCUT2D eigenvalue weighted by Crippen LogP contribution is -2.39. The van der Waals surface area contributed by atoms with Gasteiger partial charge in [0.1, 0.15) is 5.60 Å². The monoisotopic (exact) mass is 396 g/mol. The molecular weight excluding hydrogens is 360 g/mol. The SMILES string of the molecule is CC(C)=CCC/C(C)=C/CC/C(C)=C/CCC1(C)CC(=O)c2cccc(O)c2O1. The van der Waals surface area contributed by atoms with Gasteiger partial charge in [0.05, 0.1) is 12.0 Å². The van der Waals surface area contributed by atoms with Crippen molar-refractivity contribution in [2.45, 2.75) is 85.2 Å². The number of Topliss-reactive ketones (excluding diaryl/α,β-unsaturated/α-hetero) is 1. The largest absolute Gasteiger partial charge is 0.504 e. The minimum absolute atomic E-state index is 0.0408. The number of aromatic hydroxyl groups is 1. The Hall–Kier alpha value is -2.29. The second-order valence-electron chi connectivity index (χ2n) is 8.80. The second kappa shape index (κ2) is 10.5. The molecule has 3 heteroatoms. The van der Waals surface area contributed by atoms with Crippen molar-refractivity contribution in [2.75, 3.05) is 0 Å². The fourth-order valence-corrected chi connectivity index (χ4v) is 3.67. The molecule has 0 spiro atoms. The summed E-state index contributed by atoms with van der Waals surface area (Å²) in [5.41, 5.74) is 4.12. The molecule has 1 atom stereocenters. The first-order valence-corrected chi connectivity index (χ1v) is 10.7. The third kappa shape index (κ3) is 7.23. The molecule has 0 bridgehead atoms. The molecule has 1 aromatic carbocycles. The Kier molecular flexibility index (Phi) is 8.31. The van der Waals surface area contributed by atoms with Crippen LogP contribution in [0.15, 0.2) is 53.1 Å². The molecule has 1 aliphatic rings. The Balaban J connectivity index is 1.82. The van der Waals surface area contributed by atoms with Gasteiger partial charge in [-0.15, -0.1) is 0 Å². The number of allylic oxidation sites excluding steroid dienone is 6. The number of phenols is 1. The Morgan fingerprint density at radius 2 is 1.66 bits per heavy atom. The molecule has 0 aromatic heterocycles. The summed E-state index contributed by atoms with van der Waals surface area (Å²) in [7, 11) is 0. The fourth-order valence-electron chi connectivity index (χ4n) is 3.67. The van der Waals surface area contributed by atoms with Gasteiger partial charge in [-0.1, -0.05) is 41.0 Å². The normalized spacial score (nSPS) is 19.6. The predicted octanol–water partition coefficient (Wildman–Crippen LogP) is 7.32. The lowest BCUT2D eigenvalue weighted by molar-refractivity contribution is 0.0454. The minimum Gasteiger partial charge on any atom is -0.504 e. The number of ether oxygens (including phenoxy) is 1. The van der Waals surface area contributed by atoms with Gasteiger partial charge in [-0.05, 0) is 85.3 Å². The highest BCUT2D eigenvalue weighted by atomic mass is 16.5. The molecule has 0 fully saturated rings. The summed E-state index contributed by atoms with van der Waals surface area (Å²) >= 11 is 0. The molecule has 3 nitrogen and oxygen atoms in total. The summed E-state index contributed by atoms with van der Waals surface area (Å²) < 4.78 is 6.06. The van der Waals surface area contributed by atoms with Crippen LogP contribution in [0.1, 0.15) is 89.9 Å². The number of rotatable bonds is 9. The first-order valence-electron chi connectivity index (χ1n) is 10.7. The zero-order chi connectivity index (χ0) is 21.4. The molecule has 2 rings (SSSR count). The highest BCUT2D eigenvalue weighted by Crippen LogP contribution is 2.41. The van der Waals surface area contributed by atoms with Crippen LogP contribution in [0.25, 0.3) is 0 Å². The van der Waals surface area contributed by atoms with Crippen molar-refractivity contribution >= 4 is 5.78 Å². The van der Waals surface area contributed by atoms with Crippen molar-refractivity contribution in [3.8, 4) is 11.5 Å². The van der Waals surface area contributed by atoms with E-state index in [0.717, 1.165) is 38.5 Å². The maximum Gasteiger partial charge on any atom is 0.172 e. The van der Waals surface area contributed by atoms with E-state index in [0.29, 0.717) is 17.7 Å². The molecule has 0 saturated carbocycles. The third-order valence-corrected chi connectivity index (χ3v) is 5.47. The van der Waals surface area contributed by atoms with Crippen LogP contribution in [0.3, 0.4) is 0 Å². The molecular formula is C26H36O3. The van der Waals surface area contributed by atoms with Crippen molar-refractivity contribution in [2.24, 2.45) is 0 Å². The molecule has 0 amide bonds. The summed E-state index contributed by atoms with van der Waals surface area (Å²) in [6.07, 6.45) is 13.2. The molecule has 158 valence electrons. The number of carbonyl (C=O) groups is 1. The first-order chi connectivity index (χ1) is 13.7. The van der Waals surface area contributed by atoms with Crippen molar-refractivity contribution in [3.05, 3.63) is 58.7 Å². The minimum atomic E-state index is -0.568. The smallest absolute Gasteiger partial charge is 0.172 e. The van der Waals surface area contributed by atoms with E-state index in [4.69, 9.17) is 4.74 Å². The van der Waals surface area contributed by atoms with E-state index in [2.05, 4.69) is 45.9 Å². The average Bonchev–Trinajstić information content (AvgIpc) is 2.62. The maximum absolute atomic E-state index is 12.5. The highest BCUT2D eigenvalue weighted by Gasteiger charge is 2.37. The van der Waals surface area contributed by atoms with E-state index in [1.807, 2.05) is 6.92 Å². The van der Waals surface area contributed by atoms with Crippen LogP contribution in [-0.4, -0.2) is 16.5 Å². The Morgan fingerprint density at radius 3 is 2.31 bits per heavy atom. The lowest BCUT2D eigenvalue weighted by Gasteiger charge is -2.35. The molecule has 0 aliphatic carbocycles. The van der Waals surface area contributed by atoms with Gasteiger partial charge in [0, 0.05) is 0 Å². The number of benzene rings is 1. The van der Waals surface area contributed by atoms with Crippen LogP contribution < -0.4 is 4.74 Å². The van der Waals surface area contributed by atoms with Gasteiger partial charge in [-0.25, -0.2) is 0 Å². The van der Waals surface area contributed by atoms with E-state index >= 15 is 0 Å². The van der Waals surface area contributed by atoms with Crippen LogP contribution >= 0.6 is 0 Å². The Morgan fingerprint density at radius 1 is 1.03 bits per heavy atom. The number of para-hydroxylation sites is 1. The van der Waals surface area contributed by atoms with Crippen LogP contribution in [0.2, 0.25) is 0 Å². The molecule has 1 N–H and O–H groups in total. The average molecular weight is 397 g/mol. The van der Waals surface area contributed by atoms with Gasteiger partial charge in [-0.2, -0.15) is 0 Å². The Bertz CT molecular complexity index is 809. The standard InChI is InChI=1S/C26H36O3/c1-19(2)10-6-11-20(3)12-7-13-21(4)14-9-17-26(5)18-24(28)22-15-8-16-23(27)25(22)29-26/h8,10,12,14-16,27H,6-7,9,11,13,17-18H2,1-5H3/b20-12+,21-14+. The second-order valence-corrected chi connectivity index (χ2v) is 8.80. The van der Waals surface area contributed by atoms with Crippen LogP contribution in [-0.2, 0) is 0 Å². The molecule has 29 heavy (non-hydrogen) atoms. The van der Waals surface area contributed by atoms with Crippen molar-refractivity contribution in [1.82, 2.24) is 0 Å². The molecule has 0 saturated heterocycles. The van der Waals surface area contributed by atoms with E-state index in [9.17, 15) is 9.90 Å². The predicted molar refractivity (Wildman–Crippen MR) is 121 cm³/mol. The zero-order valence-corrected chi connectivity index (χ0v) is 18.7. The number of ketones is 1. The molecule has 0 radical (unpaired) electrons. The van der Waals surface area contributed by atoms with E-state index in [-0.39, 0.29) is 11.5 Å². The maximum atomic E-state index is 12.5. The van der Waals surface area contributed by atoms with E-state index in [1.54, 1.807) is 18.2 Å². The molecule has 1 unspecified atom stereocenters. The number of phenolic OH excluding ortho intramolecular Hbond substituents is 1. The number of hydrogen-bond acceptors (Lipinski definition) is 3. The number of fused-ring (bicyclic) bond motifs is 1. The fraction of sp³-hybridized carbons (Fsp3) is 0.500. The quantitative estimate of drug-likeness (QED) is 0.445. The van der Waals surface area contributed by atoms with Gasteiger partial charge < -0.3 is 9.84 Å². The summed E-state index contributed by atoms with van der Waals surface area (Å²) in [6.45, 7) is 10.6. The van der Waals surface area contributed by atoms with Crippen LogP contribution in [0.4, 0.5) is 0 Å². The van der Waals surface area contributed by atoms with Crippen LogP contribution in [0.5, 0.6) is 11.5 Å². The topological polar surface area (TPSA) is 46.5 Å². The van der Waals surface area contributed by atoms with Crippen molar-refractivity contribution in [1.29, 1.82) is 0 Å². The van der Waals surface area contributed by atoms with Crippen LogP contribution in [0, 0.1) is 0 Å². The molecule has 1 aromatic rings. The van der Waals surface area contributed by atoms with Gasteiger partial charge in [-0.3, -0.25) is 4.79 Å². The molecule has 1 aliphatic heterocycles. The Labute approximate surface area is 176 Å². The van der Waals surface area contributed by atoms with Gasteiger partial charge in [0.2, 0.25) is 0 Å². The lowest BCUT2D eigenvalue weighted by atomic mass is 9.87. The highest BCUT2D eigenvalue weighted by molar-refractivity contribution is 6.01. The summed E-state index contributed by atoms with van der Waals surface area (Å²) in [6, 6.07) is 4.97. The number of hydrogen-bond donors (Lipinski definition) is 1. The van der Waals surface area contributed by atoms with E-state index < -0.39 is 5.60 Å². The first kappa shape index (κ1) is 23.0. The summed E-state index contributed by atoms with van der Waals surface area (Å²) in [5.74, 6) is 0.417. The van der Waals surface area contributed by atoms with E-state index in [1.165, 1.54) is 16.7 Å². The third-order valence-electron chi connectivity index (χ3n) is 5.47. The van der Waals surface area contributed by atoms with Gasteiger partial charge in [0.25, 0.3) is 0 Å². The zero-order valence-electron chi connectivity index (χ0n) is 18.7. The summed E-state index contributed by atoms with van der Waals surface area (Å²) in [5, 5.41) is 10.0. The van der Waals surface area contributed by atoms with Gasteiger partial charge in [0.15, 0.2) is 17.3 Å². The summed E-state index contributed by atoms with van der Waals surface area (Å²) in [4.78, 5) is 12.5. The molecule has 1 heterocycles. The van der Waals surface area contributed by atoms with Crippen molar-refractivity contribution < 1.29 is 14.6 Å².